The van der Waals surface area contributed by atoms with E-state index in [1.807, 2.05) is 11.3 Å². The molecule has 2 heterocycles. The van der Waals surface area contributed by atoms with Crippen LogP contribution in [0, 0.1) is 31.2 Å². The fourth-order valence-electron chi connectivity index (χ4n) is 6.76. The number of aryl methyl sites for hydroxylation is 2. The Bertz CT molecular complexity index is 2100. The van der Waals surface area contributed by atoms with Gasteiger partial charge < -0.3 is 5.11 Å². The zero-order valence-electron chi connectivity index (χ0n) is 31.4. The fraction of sp³-hybridized carbons (Fsp3) is 0.419. The maximum absolute atomic E-state index is 11.6. The van der Waals surface area contributed by atoms with Crippen molar-refractivity contribution in [3.8, 4) is 21.7 Å². The normalized spacial score (nSPS) is 15.4. The van der Waals surface area contributed by atoms with Crippen molar-refractivity contribution in [2.75, 3.05) is 0 Å². The van der Waals surface area contributed by atoms with Crippen molar-refractivity contribution < 1.29 is 43.2 Å². The molecule has 279 valence electrons. The molecule has 0 aliphatic heterocycles. The van der Waals surface area contributed by atoms with Crippen LogP contribution in [-0.4, -0.2) is 27.0 Å². The van der Waals surface area contributed by atoms with E-state index >= 15 is 0 Å². The molecule has 0 atom stereocenters. The predicted octanol–water partition coefficient (Wildman–Crippen LogP) is 12.8. The first kappa shape index (κ1) is 41.4. The van der Waals surface area contributed by atoms with Gasteiger partial charge in [-0.3, -0.25) is 9.78 Å². The van der Waals surface area contributed by atoms with Gasteiger partial charge >= 0.3 is 6.18 Å². The van der Waals surface area contributed by atoms with Crippen LogP contribution < -0.4 is 0 Å². The van der Waals surface area contributed by atoms with Crippen molar-refractivity contribution in [3.05, 3.63) is 95.0 Å². The SMILES string of the molecule is CC(C)/C(O)=C/C(=O)C(F)(F)F.Cc1cc(C2CCC(C)(C)CC2)ccc1-c1sc2c(-c3[c-]c4ccccc4c(C(C)(C)C)c3)ncnc2c1C.[Ir]. The summed E-state index contributed by atoms with van der Waals surface area (Å²) in [7, 11) is 0. The van der Waals surface area contributed by atoms with Crippen LogP contribution >= 0.6 is 11.3 Å². The van der Waals surface area contributed by atoms with Gasteiger partial charge in [-0.25, -0.2) is 4.98 Å². The first-order valence-electron chi connectivity index (χ1n) is 17.6. The van der Waals surface area contributed by atoms with E-state index in [2.05, 4.69) is 103 Å². The number of rotatable bonds is 5. The Morgan fingerprint density at radius 3 is 2.27 bits per heavy atom. The molecule has 0 saturated heterocycles. The number of hydrogen-bond donors (Lipinski definition) is 1. The molecule has 0 spiro atoms. The van der Waals surface area contributed by atoms with Crippen molar-refractivity contribution in [1.82, 2.24) is 9.97 Å². The van der Waals surface area contributed by atoms with Crippen LogP contribution in [0.15, 0.2) is 66.7 Å². The number of aliphatic hydroxyl groups is 1. The largest absolute Gasteiger partial charge is 0.512 e. The van der Waals surface area contributed by atoms with Crippen LogP contribution in [0.5, 0.6) is 0 Å². The molecule has 6 rings (SSSR count). The van der Waals surface area contributed by atoms with Crippen molar-refractivity contribution in [1.29, 1.82) is 0 Å². The molecular formula is C43H48F3IrN2O2S-. The third-order valence-electron chi connectivity index (χ3n) is 10.00. The molecule has 1 aliphatic carbocycles. The molecule has 0 bridgehead atoms. The number of carbonyl (C=O) groups is 1. The molecule has 0 unspecified atom stereocenters. The number of fused-ring (bicyclic) bond motifs is 2. The van der Waals surface area contributed by atoms with Crippen LogP contribution in [0.2, 0.25) is 0 Å². The number of ketones is 1. The van der Waals surface area contributed by atoms with Gasteiger partial charge in [0, 0.05) is 47.4 Å². The van der Waals surface area contributed by atoms with Crippen LogP contribution in [0.4, 0.5) is 13.2 Å². The molecule has 1 saturated carbocycles. The van der Waals surface area contributed by atoms with E-state index in [1.165, 1.54) is 77.6 Å². The van der Waals surface area contributed by atoms with Crippen molar-refractivity contribution >= 4 is 38.1 Å². The summed E-state index contributed by atoms with van der Waals surface area (Å²) in [5, 5.41) is 11.2. The van der Waals surface area contributed by atoms with Gasteiger partial charge in [0.05, 0.1) is 11.3 Å². The Morgan fingerprint density at radius 2 is 1.67 bits per heavy atom. The Balaban J connectivity index is 0.000000403. The molecule has 1 fully saturated rings. The van der Waals surface area contributed by atoms with Gasteiger partial charge in [-0.1, -0.05) is 95.8 Å². The van der Waals surface area contributed by atoms with Crippen molar-refractivity contribution in [2.24, 2.45) is 11.3 Å². The molecule has 1 radical (unpaired) electrons. The van der Waals surface area contributed by atoms with Crippen LogP contribution in [0.3, 0.4) is 0 Å². The van der Waals surface area contributed by atoms with E-state index in [0.29, 0.717) is 11.3 Å². The second-order valence-corrected chi connectivity index (χ2v) is 17.0. The molecule has 2 aromatic heterocycles. The van der Waals surface area contributed by atoms with Gasteiger partial charge in [-0.05, 0) is 78.5 Å². The number of aliphatic hydroxyl groups excluding tert-OH is 1. The number of aromatic nitrogens is 2. The third-order valence-corrected chi connectivity index (χ3v) is 11.3. The maximum Gasteiger partial charge on any atom is 0.454 e. The maximum atomic E-state index is 11.6. The molecule has 4 nitrogen and oxygen atoms in total. The Kier molecular flexibility index (Phi) is 12.7. The average Bonchev–Trinajstić information content (AvgIpc) is 3.39. The van der Waals surface area contributed by atoms with Gasteiger partial charge in [0.15, 0.2) is 0 Å². The average molecular weight is 906 g/mol. The summed E-state index contributed by atoms with van der Waals surface area (Å²) < 4.78 is 35.9. The van der Waals surface area contributed by atoms with E-state index < -0.39 is 23.6 Å². The van der Waals surface area contributed by atoms with Crippen LogP contribution in [0.1, 0.15) is 102 Å². The number of benzene rings is 3. The van der Waals surface area contributed by atoms with Gasteiger partial charge in [0.25, 0.3) is 5.78 Å². The molecule has 52 heavy (non-hydrogen) atoms. The summed E-state index contributed by atoms with van der Waals surface area (Å²) in [6.07, 6.45) is 2.25. The smallest absolute Gasteiger partial charge is 0.454 e. The third kappa shape index (κ3) is 9.21. The first-order valence-corrected chi connectivity index (χ1v) is 18.4. The quantitative estimate of drug-likeness (QED) is 0.108. The van der Waals surface area contributed by atoms with E-state index in [4.69, 9.17) is 15.1 Å². The van der Waals surface area contributed by atoms with Crippen molar-refractivity contribution in [2.45, 2.75) is 106 Å². The topological polar surface area (TPSA) is 63.1 Å². The summed E-state index contributed by atoms with van der Waals surface area (Å²) in [5.41, 5.74) is 10.3. The fourth-order valence-corrected chi connectivity index (χ4v) is 8.12. The number of alkyl halides is 3. The second kappa shape index (κ2) is 15.9. The molecular weight excluding hydrogens is 858 g/mol. The van der Waals surface area contributed by atoms with Crippen LogP contribution in [-0.2, 0) is 30.3 Å². The van der Waals surface area contributed by atoms with E-state index in [9.17, 15) is 18.0 Å². The Morgan fingerprint density at radius 1 is 1.02 bits per heavy atom. The standard InChI is InChI=1S/C36H39N2S.C7H9F3O2.Ir/c1-22-18-25(24-14-16-36(6,7)17-15-24)12-13-28(22)33-23(2)31-34(39-33)32(38-21-37-31)27-19-26-10-8-9-11-29(26)30(20-27)35(3,4)5;1-4(2)5(11)3-6(12)7(8,9)10;/h8-13,18,20-21,24H,14-17H2,1-7H3;3-4,11H,1-2H3;/q-1;;/b;5-3-;. The van der Waals surface area contributed by atoms with Crippen molar-refractivity contribution in [3.63, 3.8) is 0 Å². The first-order chi connectivity index (χ1) is 23.8. The van der Waals surface area contributed by atoms with Crippen LogP contribution in [0.25, 0.3) is 42.7 Å². The van der Waals surface area contributed by atoms with Gasteiger partial charge in [-0.2, -0.15) is 13.2 Å². The summed E-state index contributed by atoms with van der Waals surface area (Å²) in [5.74, 6) is -2.38. The summed E-state index contributed by atoms with van der Waals surface area (Å²) in [6.45, 7) is 19.1. The van der Waals surface area contributed by atoms with E-state index in [1.54, 1.807) is 6.33 Å². The minimum atomic E-state index is -4.90. The molecule has 1 N–H and O–H groups in total. The van der Waals surface area contributed by atoms with Gasteiger partial charge in [0.1, 0.15) is 6.33 Å². The Labute approximate surface area is 323 Å². The molecule has 1 aliphatic rings. The number of halogens is 3. The number of hydrogen-bond acceptors (Lipinski definition) is 5. The zero-order valence-corrected chi connectivity index (χ0v) is 34.6. The molecule has 5 aromatic rings. The molecule has 0 amide bonds. The number of thiophene rings is 1. The summed E-state index contributed by atoms with van der Waals surface area (Å²) in [6, 6.07) is 21.8. The minimum absolute atomic E-state index is 0. The number of allylic oxidation sites excluding steroid dienone is 2. The van der Waals surface area contributed by atoms with E-state index in [-0.39, 0.29) is 31.6 Å². The Hall–Kier alpha value is -3.39. The summed E-state index contributed by atoms with van der Waals surface area (Å²) >= 11 is 1.83. The minimum Gasteiger partial charge on any atom is -0.512 e. The van der Waals surface area contributed by atoms with E-state index in [0.717, 1.165) is 26.9 Å². The number of nitrogens with zero attached hydrogens (tertiary/aromatic N) is 2. The predicted molar refractivity (Wildman–Crippen MR) is 204 cm³/mol. The van der Waals surface area contributed by atoms with Gasteiger partial charge in [-0.15, -0.1) is 40.5 Å². The second-order valence-electron chi connectivity index (χ2n) is 15.9. The molecule has 3 aromatic carbocycles. The monoisotopic (exact) mass is 906 g/mol. The van der Waals surface area contributed by atoms with Gasteiger partial charge in [0.2, 0.25) is 0 Å². The summed E-state index contributed by atoms with van der Waals surface area (Å²) in [4.78, 5) is 21.1. The number of carbonyl (C=O) groups excluding carboxylic acids is 1. The zero-order chi connectivity index (χ0) is 37.5. The molecule has 9 heteroatoms.